The number of likely N-dealkylation sites (tertiary alicyclic amines) is 1. The first-order chi connectivity index (χ1) is 20.2. The van der Waals surface area contributed by atoms with Gasteiger partial charge < -0.3 is 29.9 Å². The van der Waals surface area contributed by atoms with E-state index < -0.39 is 12.0 Å². The van der Waals surface area contributed by atoms with Gasteiger partial charge in [0, 0.05) is 39.1 Å². The van der Waals surface area contributed by atoms with Crippen LogP contribution in [0.5, 0.6) is 5.75 Å². The first-order valence-electron chi connectivity index (χ1n) is 14.0. The second kappa shape index (κ2) is 14.6. The molecule has 0 saturated carbocycles. The van der Waals surface area contributed by atoms with E-state index in [2.05, 4.69) is 32.9 Å². The molecule has 3 heterocycles. The van der Waals surface area contributed by atoms with Crippen LogP contribution in [0.4, 0.5) is 22.2 Å². The van der Waals surface area contributed by atoms with Gasteiger partial charge in [-0.05, 0) is 86.0 Å². The summed E-state index contributed by atoms with van der Waals surface area (Å²) in [6.07, 6.45) is 3.27. The molecule has 13 heteroatoms. The number of anilines is 3. The maximum Gasteiger partial charge on any atom is 0.415 e. The third-order valence-corrected chi connectivity index (χ3v) is 8.86. The van der Waals surface area contributed by atoms with Crippen LogP contribution in [0.1, 0.15) is 48.8 Å². The summed E-state index contributed by atoms with van der Waals surface area (Å²) >= 11 is 3.56. The Morgan fingerprint density at radius 1 is 1.07 bits per heavy atom. The highest BCUT2D eigenvalue weighted by molar-refractivity contribution is 14.1. The minimum Gasteiger partial charge on any atom is -0.480 e. The number of amides is 2. The summed E-state index contributed by atoms with van der Waals surface area (Å²) in [5, 5.41) is 13.3. The van der Waals surface area contributed by atoms with Crippen molar-refractivity contribution in [2.24, 2.45) is 0 Å². The van der Waals surface area contributed by atoms with Crippen molar-refractivity contribution in [2.75, 3.05) is 47.8 Å². The molecule has 4 rings (SSSR count). The van der Waals surface area contributed by atoms with Crippen LogP contribution in [0.2, 0.25) is 0 Å². The highest BCUT2D eigenvalue weighted by Gasteiger charge is 2.27. The molecule has 224 valence electrons. The van der Waals surface area contributed by atoms with Crippen LogP contribution >= 0.6 is 33.9 Å². The molecule has 11 nitrogen and oxygen atoms in total. The fourth-order valence-electron chi connectivity index (χ4n) is 4.67. The SMILES string of the molecule is CCN(CC)c1ncc(N(CC)C(=O)c2ccc(I)s2)c(N[C@@H](Cc2ccc(OC(=O)N3CCCC3)cc2)C(=O)O)n1. The molecule has 42 heavy (non-hydrogen) atoms. The van der Waals surface area contributed by atoms with Crippen LogP contribution in [0.3, 0.4) is 0 Å². The first-order valence-corrected chi connectivity index (χ1v) is 15.9. The van der Waals surface area contributed by atoms with E-state index in [9.17, 15) is 19.5 Å². The number of carboxylic acid groups (broad SMARTS) is 1. The van der Waals surface area contributed by atoms with Crippen LogP contribution in [-0.2, 0) is 11.2 Å². The van der Waals surface area contributed by atoms with Crippen LogP contribution in [0.25, 0.3) is 0 Å². The molecule has 1 saturated heterocycles. The van der Waals surface area contributed by atoms with Gasteiger partial charge in [0.2, 0.25) is 5.95 Å². The smallest absolute Gasteiger partial charge is 0.415 e. The molecule has 2 N–H and O–H groups in total. The van der Waals surface area contributed by atoms with Crippen molar-refractivity contribution in [1.29, 1.82) is 0 Å². The molecule has 1 atom stereocenters. The van der Waals surface area contributed by atoms with Crippen molar-refractivity contribution in [3.05, 3.63) is 55.9 Å². The number of carbonyl (C=O) groups is 3. The zero-order valence-electron chi connectivity index (χ0n) is 23.9. The Bertz CT molecular complexity index is 1390. The molecule has 0 aliphatic carbocycles. The van der Waals surface area contributed by atoms with Crippen molar-refractivity contribution >= 4 is 69.4 Å². The molecule has 0 spiro atoms. The predicted molar refractivity (Wildman–Crippen MR) is 172 cm³/mol. The van der Waals surface area contributed by atoms with E-state index in [1.54, 1.807) is 46.3 Å². The largest absolute Gasteiger partial charge is 0.480 e. The molecule has 0 unspecified atom stereocenters. The summed E-state index contributed by atoms with van der Waals surface area (Å²) in [4.78, 5) is 53.2. The normalized spacial score (nSPS) is 13.5. The molecule has 1 fully saturated rings. The molecule has 0 radical (unpaired) electrons. The number of aliphatic carboxylic acids is 1. The van der Waals surface area contributed by atoms with E-state index in [1.807, 2.05) is 31.7 Å². The zero-order chi connectivity index (χ0) is 30.2. The predicted octanol–water partition coefficient (Wildman–Crippen LogP) is 5.36. The van der Waals surface area contributed by atoms with Crippen LogP contribution < -0.4 is 19.9 Å². The van der Waals surface area contributed by atoms with Crippen LogP contribution in [0.15, 0.2) is 42.6 Å². The quantitative estimate of drug-likeness (QED) is 0.240. The lowest BCUT2D eigenvalue weighted by molar-refractivity contribution is -0.137. The average Bonchev–Trinajstić information content (AvgIpc) is 3.68. The Labute approximate surface area is 263 Å². The second-order valence-electron chi connectivity index (χ2n) is 9.67. The molecule has 2 amide bonds. The van der Waals surface area contributed by atoms with Gasteiger partial charge in [0.25, 0.3) is 5.91 Å². The number of halogens is 1. The fraction of sp³-hybridized carbons (Fsp3) is 0.414. The van der Waals surface area contributed by atoms with Crippen molar-refractivity contribution in [3.8, 4) is 5.75 Å². The van der Waals surface area contributed by atoms with Gasteiger partial charge in [-0.3, -0.25) is 4.79 Å². The van der Waals surface area contributed by atoms with Gasteiger partial charge in [-0.1, -0.05) is 12.1 Å². The highest BCUT2D eigenvalue weighted by Crippen LogP contribution is 2.30. The van der Waals surface area contributed by atoms with E-state index in [0.717, 1.165) is 21.3 Å². The lowest BCUT2D eigenvalue weighted by atomic mass is 10.1. The number of nitrogens with zero attached hydrogens (tertiary/aromatic N) is 5. The molecule has 0 bridgehead atoms. The Balaban J connectivity index is 1.58. The number of carboxylic acids is 1. The zero-order valence-corrected chi connectivity index (χ0v) is 26.9. The summed E-state index contributed by atoms with van der Waals surface area (Å²) < 4.78 is 6.46. The third kappa shape index (κ3) is 7.68. The summed E-state index contributed by atoms with van der Waals surface area (Å²) in [6, 6.07) is 9.41. The number of aromatic nitrogens is 2. The third-order valence-electron chi connectivity index (χ3n) is 6.98. The monoisotopic (exact) mass is 706 g/mol. The molecular weight excluding hydrogens is 671 g/mol. The number of hydrogen-bond donors (Lipinski definition) is 2. The number of ether oxygens (including phenoxy) is 1. The standard InChI is InChI=1S/C29H35IN6O5S/c1-4-34(5-2)28-31-18-22(36(6-3)26(37)23-13-14-24(30)42-23)25(33-28)32-21(27(38)39)17-19-9-11-20(12-10-19)41-29(40)35-15-7-8-16-35/h9-14,18,21H,4-8,15-17H2,1-3H3,(H,38,39)(H,31,32,33)/t21-/m0/s1. The Hall–Kier alpha value is -3.46. The number of rotatable bonds is 12. The van der Waals surface area contributed by atoms with Crippen LogP contribution in [0, 0.1) is 2.88 Å². The summed E-state index contributed by atoms with van der Waals surface area (Å²) in [7, 11) is 0. The first kappa shape index (κ1) is 31.5. The molecule has 2 aromatic heterocycles. The number of nitrogens with one attached hydrogen (secondary N) is 1. The number of thiophene rings is 1. The second-order valence-corrected chi connectivity index (χ2v) is 12.7. The summed E-state index contributed by atoms with van der Waals surface area (Å²) in [5.74, 6) is -0.183. The summed E-state index contributed by atoms with van der Waals surface area (Å²) in [6.45, 7) is 8.87. The van der Waals surface area contributed by atoms with Gasteiger partial charge in [-0.25, -0.2) is 14.6 Å². The number of hydrogen-bond acceptors (Lipinski definition) is 9. The van der Waals surface area contributed by atoms with Gasteiger partial charge in [0.1, 0.15) is 17.5 Å². The summed E-state index contributed by atoms with van der Waals surface area (Å²) in [5.41, 5.74) is 1.13. The van der Waals surface area contributed by atoms with E-state index in [4.69, 9.17) is 9.72 Å². The van der Waals surface area contributed by atoms with Gasteiger partial charge in [0.05, 0.1) is 14.0 Å². The number of benzene rings is 1. The van der Waals surface area contributed by atoms with E-state index >= 15 is 0 Å². The Morgan fingerprint density at radius 2 is 1.76 bits per heavy atom. The van der Waals surface area contributed by atoms with Crippen molar-refractivity contribution in [2.45, 2.75) is 46.1 Å². The average molecular weight is 707 g/mol. The van der Waals surface area contributed by atoms with Gasteiger partial charge in [-0.15, -0.1) is 11.3 Å². The van der Waals surface area contributed by atoms with E-state index in [0.29, 0.717) is 55.0 Å². The van der Waals surface area contributed by atoms with E-state index in [-0.39, 0.29) is 24.2 Å². The topological polar surface area (TPSA) is 128 Å². The van der Waals surface area contributed by atoms with Crippen molar-refractivity contribution in [1.82, 2.24) is 14.9 Å². The van der Waals surface area contributed by atoms with E-state index in [1.165, 1.54) is 11.3 Å². The fourth-order valence-corrected chi connectivity index (χ4v) is 6.25. The minimum atomic E-state index is -1.07. The molecular formula is C29H35IN6O5S. The van der Waals surface area contributed by atoms with Crippen molar-refractivity contribution in [3.63, 3.8) is 0 Å². The van der Waals surface area contributed by atoms with Crippen LogP contribution in [-0.4, -0.2) is 76.7 Å². The van der Waals surface area contributed by atoms with Gasteiger partial charge >= 0.3 is 12.1 Å². The minimum absolute atomic E-state index is 0.128. The molecule has 1 aliphatic heterocycles. The van der Waals surface area contributed by atoms with Gasteiger partial charge in [-0.2, -0.15) is 4.98 Å². The van der Waals surface area contributed by atoms with Gasteiger partial charge in [0.15, 0.2) is 5.82 Å². The molecule has 3 aromatic rings. The van der Waals surface area contributed by atoms with Crippen molar-refractivity contribution < 1.29 is 24.2 Å². The molecule has 1 aromatic carbocycles. The lowest BCUT2D eigenvalue weighted by Gasteiger charge is -2.26. The Kier molecular flexibility index (Phi) is 11.0. The Morgan fingerprint density at radius 3 is 2.33 bits per heavy atom. The maximum atomic E-state index is 13.5. The highest BCUT2D eigenvalue weighted by atomic mass is 127. The maximum absolute atomic E-state index is 13.5. The number of carbonyl (C=O) groups excluding carboxylic acids is 2. The lowest BCUT2D eigenvalue weighted by Crippen LogP contribution is -2.36. The molecule has 1 aliphatic rings.